The molecule has 0 radical (unpaired) electrons. The molecule has 0 amide bonds. The van der Waals surface area contributed by atoms with Crippen LogP contribution < -0.4 is 5.73 Å². The van der Waals surface area contributed by atoms with Crippen molar-refractivity contribution in [1.29, 1.82) is 5.26 Å². The fourth-order valence-corrected chi connectivity index (χ4v) is 1.19. The van der Waals surface area contributed by atoms with Gasteiger partial charge in [0.05, 0.1) is 21.7 Å². The Morgan fingerprint density at radius 3 is 2.33 bits per heavy atom. The molecule has 92 valence electrons. The fourth-order valence-electron chi connectivity index (χ4n) is 1.19. The minimum absolute atomic E-state index is 0.0717. The second-order valence-corrected chi connectivity index (χ2v) is 4.82. The normalized spacial score (nSPS) is 10.1. The number of non-ortho nitro benzene ring substituents is 1. The average molecular weight is 243 g/mol. The molecular formula is C13H13N3O2. The molecule has 0 heterocycles. The van der Waals surface area contributed by atoms with Crippen molar-refractivity contribution >= 4 is 11.4 Å². The van der Waals surface area contributed by atoms with Crippen molar-refractivity contribution in [2.24, 2.45) is 5.41 Å². The van der Waals surface area contributed by atoms with Gasteiger partial charge in [-0.2, -0.15) is 5.26 Å². The summed E-state index contributed by atoms with van der Waals surface area (Å²) in [5, 5.41) is 19.6. The van der Waals surface area contributed by atoms with Crippen LogP contribution in [-0.2, 0) is 0 Å². The quantitative estimate of drug-likeness (QED) is 0.355. The number of nitro groups is 1. The highest BCUT2D eigenvalue weighted by Crippen LogP contribution is 2.24. The Labute approximate surface area is 105 Å². The standard InChI is InChI=1S/C13H13N3O2/c1-13(2,3)5-4-9-6-11(16(17)18)7-10(8-14)12(9)15/h6-7H,15H2,1-3H3. The summed E-state index contributed by atoms with van der Waals surface area (Å²) in [6, 6.07) is 4.27. The zero-order chi connectivity index (χ0) is 13.9. The molecule has 0 aliphatic heterocycles. The summed E-state index contributed by atoms with van der Waals surface area (Å²) >= 11 is 0. The van der Waals surface area contributed by atoms with E-state index in [0.717, 1.165) is 6.07 Å². The maximum absolute atomic E-state index is 10.7. The third-order valence-electron chi connectivity index (χ3n) is 2.07. The van der Waals surface area contributed by atoms with E-state index in [9.17, 15) is 10.1 Å². The van der Waals surface area contributed by atoms with Crippen molar-refractivity contribution in [3.63, 3.8) is 0 Å². The van der Waals surface area contributed by atoms with Crippen LogP contribution in [0.3, 0.4) is 0 Å². The van der Waals surface area contributed by atoms with Gasteiger partial charge in [0.2, 0.25) is 0 Å². The lowest BCUT2D eigenvalue weighted by Crippen LogP contribution is -2.01. The van der Waals surface area contributed by atoms with Crippen molar-refractivity contribution in [1.82, 2.24) is 0 Å². The predicted molar refractivity (Wildman–Crippen MR) is 68.6 cm³/mol. The van der Waals surface area contributed by atoms with Crippen molar-refractivity contribution in [3.05, 3.63) is 33.4 Å². The molecule has 5 nitrogen and oxygen atoms in total. The topological polar surface area (TPSA) is 93.0 Å². The molecule has 1 aromatic rings. The molecule has 18 heavy (non-hydrogen) atoms. The number of nitro benzene ring substituents is 1. The number of anilines is 1. The molecule has 5 heteroatoms. The van der Waals surface area contributed by atoms with Crippen molar-refractivity contribution < 1.29 is 4.92 Å². The van der Waals surface area contributed by atoms with Gasteiger partial charge < -0.3 is 5.73 Å². The number of rotatable bonds is 1. The molecule has 2 N–H and O–H groups in total. The lowest BCUT2D eigenvalue weighted by molar-refractivity contribution is -0.384. The van der Waals surface area contributed by atoms with Crippen LogP contribution >= 0.6 is 0 Å². The lowest BCUT2D eigenvalue weighted by Gasteiger charge is -2.07. The van der Waals surface area contributed by atoms with Gasteiger partial charge in [-0.15, -0.1) is 0 Å². The van der Waals surface area contributed by atoms with Crippen LogP contribution in [-0.4, -0.2) is 4.92 Å². The molecule has 0 atom stereocenters. The summed E-state index contributed by atoms with van der Waals surface area (Å²) in [6.45, 7) is 5.75. The zero-order valence-electron chi connectivity index (χ0n) is 10.4. The maximum atomic E-state index is 10.7. The number of hydrogen-bond donors (Lipinski definition) is 1. The van der Waals surface area contributed by atoms with E-state index in [1.54, 1.807) is 0 Å². The summed E-state index contributed by atoms with van der Waals surface area (Å²) in [6.07, 6.45) is 0. The van der Waals surface area contributed by atoms with E-state index in [-0.39, 0.29) is 22.4 Å². The van der Waals surface area contributed by atoms with E-state index >= 15 is 0 Å². The van der Waals surface area contributed by atoms with Gasteiger partial charge in [0.25, 0.3) is 5.69 Å². The van der Waals surface area contributed by atoms with Crippen LogP contribution in [0.15, 0.2) is 12.1 Å². The van der Waals surface area contributed by atoms with Gasteiger partial charge in [-0.1, -0.05) is 11.8 Å². The van der Waals surface area contributed by atoms with Crippen LogP contribution in [0.2, 0.25) is 0 Å². The molecule has 0 aliphatic carbocycles. The van der Waals surface area contributed by atoms with Gasteiger partial charge in [-0.05, 0) is 20.8 Å². The molecule has 0 bridgehead atoms. The Bertz CT molecular complexity index is 596. The van der Waals surface area contributed by atoms with E-state index < -0.39 is 4.92 Å². The fraction of sp³-hybridized carbons (Fsp3) is 0.308. The van der Waals surface area contributed by atoms with Gasteiger partial charge in [0, 0.05) is 17.5 Å². The molecule has 0 aromatic heterocycles. The van der Waals surface area contributed by atoms with E-state index in [4.69, 9.17) is 11.0 Å². The first kappa shape index (κ1) is 13.5. The second-order valence-electron chi connectivity index (χ2n) is 4.82. The summed E-state index contributed by atoms with van der Waals surface area (Å²) in [5.74, 6) is 5.73. The van der Waals surface area contributed by atoms with Gasteiger partial charge in [-0.25, -0.2) is 0 Å². The molecule has 0 aliphatic rings. The second kappa shape index (κ2) is 4.77. The minimum atomic E-state index is -0.567. The highest BCUT2D eigenvalue weighted by molar-refractivity contribution is 5.68. The number of benzene rings is 1. The van der Waals surface area contributed by atoms with Gasteiger partial charge in [0.15, 0.2) is 0 Å². The highest BCUT2D eigenvalue weighted by Gasteiger charge is 2.14. The minimum Gasteiger partial charge on any atom is -0.397 e. The van der Waals surface area contributed by atoms with Crippen LogP contribution in [0, 0.1) is 38.7 Å². The Morgan fingerprint density at radius 1 is 1.33 bits per heavy atom. The first-order valence-electron chi connectivity index (χ1n) is 5.26. The smallest absolute Gasteiger partial charge is 0.272 e. The van der Waals surface area contributed by atoms with Crippen LogP contribution in [0.4, 0.5) is 11.4 Å². The number of nitrogen functional groups attached to an aromatic ring is 1. The van der Waals surface area contributed by atoms with Crippen LogP contribution in [0.1, 0.15) is 31.9 Å². The van der Waals surface area contributed by atoms with Gasteiger partial charge in [-0.3, -0.25) is 10.1 Å². The predicted octanol–water partition coefficient (Wildman–Crippen LogP) is 2.45. The van der Waals surface area contributed by atoms with E-state index in [1.165, 1.54) is 6.07 Å². The number of nitrogens with zero attached hydrogens (tertiary/aromatic N) is 2. The number of nitriles is 1. The van der Waals surface area contributed by atoms with Crippen molar-refractivity contribution in [2.45, 2.75) is 20.8 Å². The first-order valence-corrected chi connectivity index (χ1v) is 5.26. The Balaban J connectivity index is 3.43. The monoisotopic (exact) mass is 243 g/mol. The van der Waals surface area contributed by atoms with E-state index in [0.29, 0.717) is 5.56 Å². The highest BCUT2D eigenvalue weighted by atomic mass is 16.6. The Morgan fingerprint density at radius 2 is 1.89 bits per heavy atom. The SMILES string of the molecule is CC(C)(C)C#Cc1cc([N+](=O)[O-])cc(C#N)c1N. The van der Waals surface area contributed by atoms with Crippen LogP contribution in [0.25, 0.3) is 0 Å². The first-order chi connectivity index (χ1) is 8.24. The molecule has 0 saturated carbocycles. The summed E-state index contributed by atoms with van der Waals surface area (Å²) < 4.78 is 0. The van der Waals surface area contributed by atoms with Crippen LogP contribution in [0.5, 0.6) is 0 Å². The Kier molecular flexibility index (Phi) is 3.58. The molecule has 1 rings (SSSR count). The van der Waals surface area contributed by atoms with E-state index in [1.807, 2.05) is 26.8 Å². The zero-order valence-corrected chi connectivity index (χ0v) is 10.4. The molecule has 0 unspecified atom stereocenters. The summed E-state index contributed by atoms with van der Waals surface area (Å²) in [7, 11) is 0. The Hall–Kier alpha value is -2.53. The molecular weight excluding hydrogens is 230 g/mol. The third-order valence-corrected chi connectivity index (χ3v) is 2.07. The molecule has 1 aromatic carbocycles. The molecule has 0 fully saturated rings. The van der Waals surface area contributed by atoms with Gasteiger partial charge in [0.1, 0.15) is 6.07 Å². The molecule has 0 spiro atoms. The average Bonchev–Trinajstić information content (AvgIpc) is 2.26. The van der Waals surface area contributed by atoms with Crippen molar-refractivity contribution in [3.8, 4) is 17.9 Å². The summed E-state index contributed by atoms with van der Waals surface area (Å²) in [5.41, 5.74) is 5.88. The third kappa shape index (κ3) is 3.23. The number of hydrogen-bond acceptors (Lipinski definition) is 4. The maximum Gasteiger partial charge on any atom is 0.272 e. The van der Waals surface area contributed by atoms with Gasteiger partial charge >= 0.3 is 0 Å². The number of nitrogens with two attached hydrogens (primary N) is 1. The van der Waals surface area contributed by atoms with Crippen molar-refractivity contribution in [2.75, 3.05) is 5.73 Å². The summed E-state index contributed by atoms with van der Waals surface area (Å²) in [4.78, 5) is 10.2. The lowest BCUT2D eigenvalue weighted by atomic mass is 9.97. The van der Waals surface area contributed by atoms with E-state index in [2.05, 4.69) is 11.8 Å². The largest absolute Gasteiger partial charge is 0.397 e. The molecule has 0 saturated heterocycles.